The van der Waals surface area contributed by atoms with Crippen molar-refractivity contribution >= 4 is 5.69 Å². The molecule has 0 bridgehead atoms. The molecule has 0 amide bonds. The van der Waals surface area contributed by atoms with E-state index in [4.69, 9.17) is 0 Å². The van der Waals surface area contributed by atoms with Crippen LogP contribution in [0.25, 0.3) is 0 Å². The minimum Gasteiger partial charge on any atom is -0.369 e. The predicted molar refractivity (Wildman–Crippen MR) is 69.9 cm³/mol. The van der Waals surface area contributed by atoms with Crippen molar-refractivity contribution in [2.75, 3.05) is 24.5 Å². The van der Waals surface area contributed by atoms with E-state index in [1.54, 1.807) is 0 Å². The topological polar surface area (TPSA) is 15.3 Å². The van der Waals surface area contributed by atoms with Gasteiger partial charge in [-0.15, -0.1) is 0 Å². The highest BCUT2D eigenvalue weighted by molar-refractivity contribution is 5.46. The van der Waals surface area contributed by atoms with Crippen molar-refractivity contribution in [1.29, 1.82) is 0 Å². The molecule has 1 N–H and O–H groups in total. The molecular weight excluding hydrogens is 196 g/mol. The predicted octanol–water partition coefficient (Wildman–Crippen LogP) is 2.51. The molecule has 88 valence electrons. The minimum atomic E-state index is 0.195. The van der Waals surface area contributed by atoms with Crippen LogP contribution < -0.4 is 10.2 Å². The van der Waals surface area contributed by atoms with Gasteiger partial charge in [0.2, 0.25) is 0 Å². The van der Waals surface area contributed by atoms with Crippen molar-refractivity contribution in [2.24, 2.45) is 5.92 Å². The van der Waals surface area contributed by atoms with Crippen LogP contribution in [0.15, 0.2) is 30.3 Å². The monoisotopic (exact) mass is 218 g/mol. The van der Waals surface area contributed by atoms with Crippen LogP contribution in [0.4, 0.5) is 5.69 Å². The van der Waals surface area contributed by atoms with E-state index in [1.807, 2.05) is 0 Å². The minimum absolute atomic E-state index is 0.195. The largest absolute Gasteiger partial charge is 0.369 e. The SMILES string of the molecule is CC1CNC(C)(C)CN(c2ccccc2)C1. The van der Waals surface area contributed by atoms with E-state index in [2.05, 4.69) is 61.3 Å². The lowest BCUT2D eigenvalue weighted by atomic mass is 10.1. The fourth-order valence-electron chi connectivity index (χ4n) is 2.32. The van der Waals surface area contributed by atoms with Crippen LogP contribution in [-0.4, -0.2) is 25.2 Å². The maximum Gasteiger partial charge on any atom is 0.0366 e. The van der Waals surface area contributed by atoms with Crippen LogP contribution in [0.1, 0.15) is 20.8 Å². The normalized spacial score (nSPS) is 25.2. The second-order valence-corrected chi connectivity index (χ2v) is 5.59. The molecule has 1 heterocycles. The van der Waals surface area contributed by atoms with E-state index < -0.39 is 0 Å². The van der Waals surface area contributed by atoms with Gasteiger partial charge in [0, 0.05) is 24.3 Å². The number of anilines is 1. The average Bonchev–Trinajstić information content (AvgIpc) is 2.39. The number of hydrogen-bond donors (Lipinski definition) is 1. The first-order chi connectivity index (χ1) is 7.57. The van der Waals surface area contributed by atoms with Crippen molar-refractivity contribution in [2.45, 2.75) is 26.3 Å². The third-order valence-corrected chi connectivity index (χ3v) is 3.17. The molecule has 2 nitrogen and oxygen atoms in total. The zero-order valence-electron chi connectivity index (χ0n) is 10.5. The van der Waals surface area contributed by atoms with Crippen LogP contribution in [0.5, 0.6) is 0 Å². The lowest BCUT2D eigenvalue weighted by molar-refractivity contribution is 0.402. The van der Waals surface area contributed by atoms with E-state index in [0.29, 0.717) is 5.92 Å². The summed E-state index contributed by atoms with van der Waals surface area (Å²) in [6.45, 7) is 10.2. The van der Waals surface area contributed by atoms with Crippen molar-refractivity contribution in [3.05, 3.63) is 30.3 Å². The Morgan fingerprint density at radius 2 is 1.94 bits per heavy atom. The summed E-state index contributed by atoms with van der Waals surface area (Å²) in [5.74, 6) is 0.696. The molecule has 0 radical (unpaired) electrons. The van der Waals surface area contributed by atoms with Crippen LogP contribution >= 0.6 is 0 Å². The summed E-state index contributed by atoms with van der Waals surface area (Å²) in [6, 6.07) is 10.7. The molecule has 16 heavy (non-hydrogen) atoms. The molecule has 0 saturated carbocycles. The van der Waals surface area contributed by atoms with Crippen LogP contribution in [0.2, 0.25) is 0 Å². The zero-order chi connectivity index (χ0) is 11.6. The Labute approximate surface area is 98.7 Å². The zero-order valence-corrected chi connectivity index (χ0v) is 10.5. The molecule has 2 rings (SSSR count). The first kappa shape index (κ1) is 11.5. The standard InChI is InChI=1S/C14H22N2/c1-12-9-15-14(2,3)11-16(10-12)13-7-5-4-6-8-13/h4-8,12,15H,9-11H2,1-3H3. The summed E-state index contributed by atoms with van der Waals surface area (Å²) in [7, 11) is 0. The second-order valence-electron chi connectivity index (χ2n) is 5.59. The highest BCUT2D eigenvalue weighted by Crippen LogP contribution is 2.20. The van der Waals surface area contributed by atoms with Crippen LogP contribution in [0, 0.1) is 5.92 Å². The van der Waals surface area contributed by atoms with Gasteiger partial charge in [-0.2, -0.15) is 0 Å². The molecule has 0 aliphatic carbocycles. The number of rotatable bonds is 1. The molecule has 1 atom stereocenters. The highest BCUT2D eigenvalue weighted by Gasteiger charge is 2.26. The van der Waals surface area contributed by atoms with Gasteiger partial charge in [0.15, 0.2) is 0 Å². The van der Waals surface area contributed by atoms with E-state index in [9.17, 15) is 0 Å². The van der Waals surface area contributed by atoms with Crippen molar-refractivity contribution < 1.29 is 0 Å². The summed E-state index contributed by atoms with van der Waals surface area (Å²) < 4.78 is 0. The molecule has 0 aromatic heterocycles. The Balaban J connectivity index is 2.19. The van der Waals surface area contributed by atoms with Gasteiger partial charge in [-0.25, -0.2) is 0 Å². The smallest absolute Gasteiger partial charge is 0.0366 e. The Morgan fingerprint density at radius 1 is 1.25 bits per heavy atom. The third kappa shape index (κ3) is 2.76. The first-order valence-corrected chi connectivity index (χ1v) is 6.12. The molecule has 1 fully saturated rings. The van der Waals surface area contributed by atoms with Crippen molar-refractivity contribution in [3.63, 3.8) is 0 Å². The molecule has 1 aliphatic rings. The Hall–Kier alpha value is -1.02. The number of nitrogens with zero attached hydrogens (tertiary/aromatic N) is 1. The summed E-state index contributed by atoms with van der Waals surface area (Å²) in [5, 5.41) is 3.63. The van der Waals surface area contributed by atoms with E-state index in [-0.39, 0.29) is 5.54 Å². The van der Waals surface area contributed by atoms with Gasteiger partial charge in [-0.3, -0.25) is 0 Å². The Morgan fingerprint density at radius 3 is 2.62 bits per heavy atom. The lowest BCUT2D eigenvalue weighted by Gasteiger charge is -2.31. The summed E-state index contributed by atoms with van der Waals surface area (Å²) in [5.41, 5.74) is 1.53. The van der Waals surface area contributed by atoms with E-state index >= 15 is 0 Å². The van der Waals surface area contributed by atoms with E-state index in [0.717, 1.165) is 19.6 Å². The highest BCUT2D eigenvalue weighted by atomic mass is 15.2. The lowest BCUT2D eigenvalue weighted by Crippen LogP contribution is -2.46. The summed E-state index contributed by atoms with van der Waals surface area (Å²) >= 11 is 0. The molecule has 1 aromatic rings. The van der Waals surface area contributed by atoms with Gasteiger partial charge in [0.05, 0.1) is 0 Å². The van der Waals surface area contributed by atoms with Crippen molar-refractivity contribution in [1.82, 2.24) is 5.32 Å². The number of benzene rings is 1. The average molecular weight is 218 g/mol. The summed E-state index contributed by atoms with van der Waals surface area (Å²) in [6.07, 6.45) is 0. The third-order valence-electron chi connectivity index (χ3n) is 3.17. The Kier molecular flexibility index (Phi) is 3.20. The van der Waals surface area contributed by atoms with Gasteiger partial charge >= 0.3 is 0 Å². The molecule has 0 spiro atoms. The molecule has 1 unspecified atom stereocenters. The maximum absolute atomic E-state index is 3.63. The van der Waals surface area contributed by atoms with Crippen molar-refractivity contribution in [3.8, 4) is 0 Å². The van der Waals surface area contributed by atoms with Gasteiger partial charge < -0.3 is 10.2 Å². The number of hydrogen-bond acceptors (Lipinski definition) is 2. The quantitative estimate of drug-likeness (QED) is 0.779. The van der Waals surface area contributed by atoms with Gasteiger partial charge in [-0.05, 0) is 38.4 Å². The fourth-order valence-corrected chi connectivity index (χ4v) is 2.32. The maximum atomic E-state index is 3.63. The van der Waals surface area contributed by atoms with Gasteiger partial charge in [-0.1, -0.05) is 25.1 Å². The van der Waals surface area contributed by atoms with Gasteiger partial charge in [0.1, 0.15) is 0 Å². The molecular formula is C14H22N2. The fraction of sp³-hybridized carbons (Fsp3) is 0.571. The molecule has 1 aromatic carbocycles. The first-order valence-electron chi connectivity index (χ1n) is 6.12. The second kappa shape index (κ2) is 4.46. The summed E-state index contributed by atoms with van der Waals surface area (Å²) in [4.78, 5) is 2.49. The molecule has 2 heteroatoms. The van der Waals surface area contributed by atoms with E-state index in [1.165, 1.54) is 5.69 Å². The Bertz CT molecular complexity index is 332. The number of nitrogens with one attached hydrogen (secondary N) is 1. The molecule has 1 aliphatic heterocycles. The number of para-hydroxylation sites is 1. The molecule has 1 saturated heterocycles. The van der Waals surface area contributed by atoms with Crippen LogP contribution in [-0.2, 0) is 0 Å². The van der Waals surface area contributed by atoms with Gasteiger partial charge in [0.25, 0.3) is 0 Å². The van der Waals surface area contributed by atoms with Crippen LogP contribution in [0.3, 0.4) is 0 Å².